The molecule has 0 atom stereocenters. The van der Waals surface area contributed by atoms with Gasteiger partial charge in [0.25, 0.3) is 7.98 Å². The molecule has 0 amide bonds. The van der Waals surface area contributed by atoms with Crippen LogP contribution in [0.5, 0.6) is 11.5 Å². The number of hydrogen-bond donors (Lipinski definition) is 2. The van der Waals surface area contributed by atoms with Gasteiger partial charge in [-0.15, -0.1) is 45.2 Å². The van der Waals surface area contributed by atoms with Crippen LogP contribution in [0.25, 0.3) is 65.1 Å². The quantitative estimate of drug-likeness (QED) is 0.128. The van der Waals surface area contributed by atoms with E-state index in [1.807, 2.05) is 80.6 Å². The molecule has 2 radical (unpaired) electrons. The SMILES string of the molecule is CCC1=C(CC)c2cc3[n-]c(cc4nc(cc5[n-]c(cc1n2)c(CC)c5CC)C(CC)=C4CC)c(CC)c3CC.Oc1ccccc1-c1nc2ccccc2s1.Oc1ccccc1C1=NCCS1.[BH]n1nc(C)cc1C.[Eu].[Pt+2].[Zn]. The maximum Gasteiger partial charge on any atom is 2.00 e. The normalized spacial score (nSPS) is 12.5. The summed E-state index contributed by atoms with van der Waals surface area (Å²) in [6.07, 6.45) is 7.60. The predicted molar refractivity (Wildman–Crippen MR) is 324 cm³/mol. The van der Waals surface area contributed by atoms with Crippen LogP contribution >= 0.6 is 23.1 Å². The summed E-state index contributed by atoms with van der Waals surface area (Å²) >= 11 is 3.29. The Hall–Kier alpha value is -4.06. The minimum absolute atomic E-state index is 0. The van der Waals surface area contributed by atoms with Gasteiger partial charge in [0.15, 0.2) is 0 Å². The number of allylic oxidation sites excluding steroid dienone is 4. The molecule has 3 aliphatic rings. The van der Waals surface area contributed by atoms with Crippen LogP contribution in [0.4, 0.5) is 0 Å². The fraction of sp³-hybridized carbons (Fsp3) is 0.317. The molecule has 0 aliphatic carbocycles. The zero-order valence-corrected chi connectivity index (χ0v) is 56.6. The smallest absolute Gasteiger partial charge is 0.657 e. The molecule has 0 saturated heterocycles. The Kier molecular flexibility index (Phi) is 25.7. The monoisotopic (exact) mass is 1460 g/mol. The van der Waals surface area contributed by atoms with Crippen molar-refractivity contribution in [3.05, 3.63) is 165 Å². The predicted octanol–water partition coefficient (Wildman–Crippen LogP) is 15.0. The number of benzene rings is 3. The molecule has 16 heteroatoms. The number of thiazole rings is 1. The van der Waals surface area contributed by atoms with Crippen LogP contribution in [0, 0.1) is 63.2 Å². The summed E-state index contributed by atoms with van der Waals surface area (Å²) in [5.74, 6) is 1.64. The minimum Gasteiger partial charge on any atom is -0.657 e. The second kappa shape index (κ2) is 30.8. The van der Waals surface area contributed by atoms with Crippen molar-refractivity contribution < 1.29 is 100 Å². The summed E-state index contributed by atoms with van der Waals surface area (Å²) in [5.41, 5.74) is 23.9. The third-order valence-corrected chi connectivity index (χ3v) is 16.1. The number of fused-ring (bicyclic) bond motifs is 9. The van der Waals surface area contributed by atoms with Crippen molar-refractivity contribution in [1.82, 2.24) is 34.6 Å². The fourth-order valence-corrected chi connectivity index (χ4v) is 12.3. The van der Waals surface area contributed by atoms with Gasteiger partial charge < -0.3 is 24.8 Å². The van der Waals surface area contributed by atoms with Crippen LogP contribution < -0.4 is 9.97 Å². The van der Waals surface area contributed by atoms with Gasteiger partial charge >= 0.3 is 21.1 Å². The first-order chi connectivity index (χ1) is 36.9. The summed E-state index contributed by atoms with van der Waals surface area (Å²) < 4.78 is 2.76. The standard InChI is InChI=1S/C36H44N4.C13H9NOS.C9H9NOS.C5H8BN2.Eu.Pt.Zn/c1-9-21-22(10-2)30-18-32-25(13-5)26(14-6)34(39-32)20-36-28(16-8)27(15-7)35(40-36)19-33-24(12-4)23(11-3)31(38-33)17-29(21)37-30;15-11-7-3-1-5-9(11)13-14-10-6-2-4-8-12(10)16-13;11-8-4-2-1-3-7(8)9-10-5-6-12-9;1-4-3-5(2)8(6)7-4;;;/h17-20H,9-16H2,1-8H3;1-8,15H;1-4,11H,5-6H2;3,6H,1-2H3;;;/q-2;;;;;+2;. The van der Waals surface area contributed by atoms with Gasteiger partial charge in [0.2, 0.25) is 0 Å². The molecular formula is C63H70BEuN8O2PtS2Zn. The van der Waals surface area contributed by atoms with Crippen LogP contribution in [0.3, 0.4) is 0 Å². The molecule has 0 spiro atoms. The van der Waals surface area contributed by atoms with Crippen molar-refractivity contribution in [1.29, 1.82) is 0 Å². The molecule has 79 heavy (non-hydrogen) atoms. The third kappa shape index (κ3) is 15.0. The first-order valence-electron chi connectivity index (χ1n) is 26.9. The Bertz CT molecular complexity index is 3380. The molecule has 0 fully saturated rings. The Morgan fingerprint density at radius 1 is 0.544 bits per heavy atom. The van der Waals surface area contributed by atoms with Crippen molar-refractivity contribution in [3.63, 3.8) is 0 Å². The number of phenols is 2. The van der Waals surface area contributed by atoms with E-state index >= 15 is 0 Å². The van der Waals surface area contributed by atoms with Gasteiger partial charge in [-0.3, -0.25) is 4.99 Å². The maximum atomic E-state index is 9.76. The number of aromatic hydroxyl groups is 2. The summed E-state index contributed by atoms with van der Waals surface area (Å²) in [6.45, 7) is 22.7. The fourth-order valence-electron chi connectivity index (χ4n) is 10.4. The summed E-state index contributed by atoms with van der Waals surface area (Å²) in [4.78, 5) is 29.8. The van der Waals surface area contributed by atoms with Crippen molar-refractivity contribution in [3.8, 4) is 22.1 Å². The van der Waals surface area contributed by atoms with E-state index in [0.29, 0.717) is 5.75 Å². The summed E-state index contributed by atoms with van der Waals surface area (Å²) in [6, 6.07) is 33.6. The Balaban J connectivity index is 0.000000238. The van der Waals surface area contributed by atoms with Gasteiger partial charge in [-0.25, -0.2) is 15.0 Å². The maximum absolute atomic E-state index is 9.76. The first kappa shape index (κ1) is 65.7. The molecule has 3 aliphatic heterocycles. The van der Waals surface area contributed by atoms with E-state index < -0.39 is 0 Å². The van der Waals surface area contributed by atoms with Crippen LogP contribution in [0.1, 0.15) is 143 Å². The molecule has 5 aromatic heterocycles. The van der Waals surface area contributed by atoms with Crippen LogP contribution in [0.15, 0.2) is 108 Å². The zero-order chi connectivity index (χ0) is 54.0. The van der Waals surface area contributed by atoms with Crippen molar-refractivity contribution in [2.75, 3.05) is 12.3 Å². The molecule has 8 aromatic rings. The van der Waals surface area contributed by atoms with E-state index in [2.05, 4.69) is 103 Å². The molecular weight excluding hydrogens is 1390 g/mol. The number of phenolic OH excluding ortho intramolecular Hbond substituents is 2. The zero-order valence-electron chi connectivity index (χ0n) is 47.3. The molecule has 0 saturated carbocycles. The first-order valence-corrected chi connectivity index (χ1v) is 28.7. The number of para-hydroxylation sites is 3. The second-order valence-electron chi connectivity index (χ2n) is 18.7. The van der Waals surface area contributed by atoms with E-state index in [1.54, 1.807) is 39.8 Å². The van der Waals surface area contributed by atoms with Gasteiger partial charge in [0, 0.05) is 92.4 Å². The van der Waals surface area contributed by atoms with Crippen molar-refractivity contribution in [2.45, 2.75) is 121 Å². The number of aliphatic imine (C=N–C) groups is 1. The average molecular weight is 1460 g/mol. The van der Waals surface area contributed by atoms with E-state index in [-0.39, 0.29) is 95.7 Å². The molecule has 408 valence electrons. The minimum atomic E-state index is 0. The number of rotatable bonds is 10. The van der Waals surface area contributed by atoms with Gasteiger partial charge in [-0.2, -0.15) is 5.10 Å². The van der Waals surface area contributed by atoms with Gasteiger partial charge in [-0.05, 0) is 130 Å². The van der Waals surface area contributed by atoms with Crippen LogP contribution in [-0.2, 0) is 66.2 Å². The van der Waals surface area contributed by atoms with E-state index in [4.69, 9.17) is 19.9 Å². The third-order valence-electron chi connectivity index (χ3n) is 14.1. The van der Waals surface area contributed by atoms with Gasteiger partial charge in [0.1, 0.15) is 21.6 Å². The molecule has 8 bridgehead atoms. The Morgan fingerprint density at radius 2 is 0.949 bits per heavy atom. The molecule has 10 nitrogen and oxygen atoms in total. The summed E-state index contributed by atoms with van der Waals surface area (Å²) in [5, 5.41) is 25.1. The van der Waals surface area contributed by atoms with E-state index in [9.17, 15) is 10.2 Å². The molecule has 11 rings (SSSR count). The summed E-state index contributed by atoms with van der Waals surface area (Å²) in [7, 11) is 3.65. The molecule has 2 N–H and O–H groups in total. The number of thioether (sulfide) groups is 1. The van der Waals surface area contributed by atoms with Crippen LogP contribution in [0.2, 0.25) is 0 Å². The largest absolute Gasteiger partial charge is 2.00 e. The topological polar surface area (TPSA) is 138 Å². The number of hydrogen-bond acceptors (Lipinski definition) is 9. The van der Waals surface area contributed by atoms with Gasteiger partial charge in [-0.1, -0.05) is 138 Å². The number of nitrogens with zero attached hydrogens (tertiary/aromatic N) is 8. The molecule has 0 unspecified atom stereocenters. The van der Waals surface area contributed by atoms with E-state index in [0.717, 1.165) is 151 Å². The number of aromatic nitrogens is 7. The molecule has 3 aromatic carbocycles. The second-order valence-corrected chi connectivity index (χ2v) is 20.9. The van der Waals surface area contributed by atoms with E-state index in [1.165, 1.54) is 44.5 Å². The van der Waals surface area contributed by atoms with Crippen LogP contribution in [-0.4, -0.2) is 60.2 Å². The number of aryl methyl sites for hydroxylation is 6. The molecule has 8 heterocycles. The Morgan fingerprint density at radius 3 is 1.28 bits per heavy atom. The average Bonchev–Trinajstić information content (AvgIpc) is 4.33. The van der Waals surface area contributed by atoms with Crippen molar-refractivity contribution >= 4 is 90.7 Å². The Labute approximate surface area is 544 Å². The van der Waals surface area contributed by atoms with Crippen molar-refractivity contribution in [2.24, 2.45) is 4.99 Å². The van der Waals surface area contributed by atoms with Gasteiger partial charge in [0.05, 0.1) is 44.2 Å².